The maximum absolute atomic E-state index is 12.5. The molecule has 0 unspecified atom stereocenters. The number of nitro groups is 1. The number of amides is 1. The summed E-state index contributed by atoms with van der Waals surface area (Å²) in [6.45, 7) is 0.574. The molecule has 1 aliphatic rings. The van der Waals surface area contributed by atoms with Gasteiger partial charge in [-0.15, -0.1) is 0 Å². The Hall–Kier alpha value is -2.98. The van der Waals surface area contributed by atoms with E-state index in [4.69, 9.17) is 4.74 Å². The number of alkyl halides is 3. The van der Waals surface area contributed by atoms with Crippen LogP contribution in [-0.2, 0) is 25.3 Å². The molecule has 0 spiro atoms. The van der Waals surface area contributed by atoms with Crippen molar-refractivity contribution in [3.05, 3.63) is 39.9 Å². The van der Waals surface area contributed by atoms with Crippen molar-refractivity contribution in [3.8, 4) is 0 Å². The van der Waals surface area contributed by atoms with Gasteiger partial charge in [0.25, 0.3) is 5.91 Å². The lowest BCUT2D eigenvalue weighted by Gasteiger charge is -2.17. The molecule has 0 radical (unpaired) electrons. The Morgan fingerprint density at radius 1 is 1.28 bits per heavy atom. The zero-order chi connectivity index (χ0) is 21.8. The molecule has 1 aliphatic carbocycles. The van der Waals surface area contributed by atoms with Crippen LogP contribution in [0.5, 0.6) is 0 Å². The maximum atomic E-state index is 12.5. The fourth-order valence-corrected chi connectivity index (χ4v) is 3.32. The van der Waals surface area contributed by atoms with E-state index in [9.17, 15) is 37.7 Å². The van der Waals surface area contributed by atoms with E-state index in [0.717, 1.165) is 24.3 Å². The minimum atomic E-state index is -4.50. The molecule has 29 heavy (non-hydrogen) atoms. The lowest BCUT2D eigenvalue weighted by molar-refractivity contribution is -0.490. The number of halogens is 3. The number of carbonyl (C=O) groups excluding carboxylic acids is 3. The number of hydrogen-bond acceptors (Lipinski definition) is 6. The lowest BCUT2D eigenvalue weighted by Crippen LogP contribution is -2.28. The highest BCUT2D eigenvalue weighted by Crippen LogP contribution is 2.36. The van der Waals surface area contributed by atoms with E-state index in [1.54, 1.807) is 6.92 Å². The number of anilines is 1. The normalized spacial score (nSPS) is 21.7. The van der Waals surface area contributed by atoms with Crippen molar-refractivity contribution in [2.75, 3.05) is 18.5 Å². The first-order chi connectivity index (χ1) is 13.5. The lowest BCUT2D eigenvalue weighted by atomic mass is 9.88. The number of rotatable bonds is 7. The molecular formula is C18H19F3N2O6. The van der Waals surface area contributed by atoms with Crippen LogP contribution in [0, 0.1) is 27.9 Å². The minimum absolute atomic E-state index is 0.0879. The Labute approximate surface area is 163 Å². The van der Waals surface area contributed by atoms with Gasteiger partial charge in [0.2, 0.25) is 6.54 Å². The van der Waals surface area contributed by atoms with Crippen LogP contribution in [0.3, 0.4) is 0 Å². The fourth-order valence-electron chi connectivity index (χ4n) is 3.32. The van der Waals surface area contributed by atoms with Gasteiger partial charge in [-0.1, -0.05) is 6.92 Å². The van der Waals surface area contributed by atoms with Crippen molar-refractivity contribution in [1.29, 1.82) is 0 Å². The number of nitrogens with zero attached hydrogens (tertiary/aromatic N) is 1. The van der Waals surface area contributed by atoms with Crippen LogP contribution in [0.2, 0.25) is 0 Å². The van der Waals surface area contributed by atoms with Gasteiger partial charge in [-0.3, -0.25) is 24.5 Å². The Morgan fingerprint density at radius 3 is 2.45 bits per heavy atom. The van der Waals surface area contributed by atoms with Crippen molar-refractivity contribution in [3.63, 3.8) is 0 Å². The standard InChI is InChI=1S/C18H19F3N2O6/c1-10-6-15(24)13(14(10)8-23(27)28)7-17(26)29-9-16(25)22-12-4-2-11(3-5-12)18(19,20)21/h2-5,10,13-14H,6-9H2,1H3,(H,22,25)/t10-,13+,14+/m0/s1. The molecule has 2 rings (SSSR count). The smallest absolute Gasteiger partial charge is 0.416 e. The number of benzene rings is 1. The molecule has 1 N–H and O–H groups in total. The molecule has 1 aromatic carbocycles. The molecule has 0 saturated heterocycles. The summed E-state index contributed by atoms with van der Waals surface area (Å²) in [5, 5.41) is 13.0. The quantitative estimate of drug-likeness (QED) is 0.415. The van der Waals surface area contributed by atoms with Gasteiger partial charge >= 0.3 is 12.1 Å². The highest BCUT2D eigenvalue weighted by Gasteiger charge is 2.44. The molecule has 11 heteroatoms. The molecule has 0 aromatic heterocycles. The molecule has 1 amide bonds. The van der Waals surface area contributed by atoms with E-state index < -0.39 is 53.5 Å². The van der Waals surface area contributed by atoms with Crippen molar-refractivity contribution < 1.29 is 37.2 Å². The molecular weight excluding hydrogens is 397 g/mol. The van der Waals surface area contributed by atoms with Gasteiger partial charge in [-0.2, -0.15) is 13.2 Å². The van der Waals surface area contributed by atoms with E-state index in [-0.39, 0.29) is 30.2 Å². The molecule has 0 bridgehead atoms. The van der Waals surface area contributed by atoms with E-state index in [0.29, 0.717) is 0 Å². The highest BCUT2D eigenvalue weighted by atomic mass is 19.4. The van der Waals surface area contributed by atoms with Crippen LogP contribution >= 0.6 is 0 Å². The van der Waals surface area contributed by atoms with Crippen molar-refractivity contribution >= 4 is 23.3 Å². The average molecular weight is 416 g/mol. The zero-order valence-corrected chi connectivity index (χ0v) is 15.4. The number of ketones is 1. The van der Waals surface area contributed by atoms with Crippen LogP contribution in [-0.4, -0.2) is 35.7 Å². The summed E-state index contributed by atoms with van der Waals surface area (Å²) >= 11 is 0. The summed E-state index contributed by atoms with van der Waals surface area (Å²) in [5.74, 6) is -3.52. The summed E-state index contributed by atoms with van der Waals surface area (Å²) < 4.78 is 42.3. The Balaban J connectivity index is 1.84. The SMILES string of the molecule is C[C@H]1CC(=O)[C@H](CC(=O)OCC(=O)Nc2ccc(C(F)(F)F)cc2)[C@@H]1C[N+](=O)[O-]. The zero-order valence-electron chi connectivity index (χ0n) is 15.4. The number of Topliss-reactive ketones (excluding diaryl/α,β-unsaturated/α-hetero) is 1. The molecule has 0 heterocycles. The second-order valence-electron chi connectivity index (χ2n) is 6.92. The summed E-state index contributed by atoms with van der Waals surface area (Å²) in [6.07, 6.45) is -4.72. The monoisotopic (exact) mass is 416 g/mol. The predicted molar refractivity (Wildman–Crippen MR) is 93.3 cm³/mol. The largest absolute Gasteiger partial charge is 0.456 e. The van der Waals surface area contributed by atoms with Crippen LogP contribution in [0.4, 0.5) is 18.9 Å². The van der Waals surface area contributed by atoms with Gasteiger partial charge in [0, 0.05) is 28.9 Å². The van der Waals surface area contributed by atoms with Crippen LogP contribution in [0.1, 0.15) is 25.3 Å². The van der Waals surface area contributed by atoms with Crippen molar-refractivity contribution in [2.24, 2.45) is 17.8 Å². The maximum Gasteiger partial charge on any atom is 0.416 e. The van der Waals surface area contributed by atoms with E-state index in [1.807, 2.05) is 0 Å². The van der Waals surface area contributed by atoms with Crippen LogP contribution in [0.25, 0.3) is 0 Å². The van der Waals surface area contributed by atoms with Crippen molar-refractivity contribution in [2.45, 2.75) is 25.9 Å². The van der Waals surface area contributed by atoms with Gasteiger partial charge < -0.3 is 10.1 Å². The summed E-state index contributed by atoms with van der Waals surface area (Å²) in [6, 6.07) is 3.71. The Kier molecular flexibility index (Phi) is 6.93. The topological polar surface area (TPSA) is 116 Å². The third-order valence-electron chi connectivity index (χ3n) is 4.79. The van der Waals surface area contributed by atoms with Gasteiger partial charge in [-0.05, 0) is 30.2 Å². The number of carbonyl (C=O) groups is 3. The summed E-state index contributed by atoms with van der Waals surface area (Å²) in [7, 11) is 0. The van der Waals surface area contributed by atoms with E-state index in [2.05, 4.69) is 5.32 Å². The second-order valence-corrected chi connectivity index (χ2v) is 6.92. The minimum Gasteiger partial charge on any atom is -0.456 e. The molecule has 1 fully saturated rings. The molecule has 1 saturated carbocycles. The number of nitrogens with one attached hydrogen (secondary N) is 1. The van der Waals surface area contributed by atoms with Crippen LogP contribution < -0.4 is 5.32 Å². The predicted octanol–water partition coefficient (Wildman–Crippen LogP) is 2.70. The highest BCUT2D eigenvalue weighted by molar-refractivity contribution is 5.93. The average Bonchev–Trinajstić information content (AvgIpc) is 2.86. The first-order valence-electron chi connectivity index (χ1n) is 8.74. The number of esters is 1. The third kappa shape index (κ3) is 6.26. The van der Waals surface area contributed by atoms with E-state index in [1.165, 1.54) is 0 Å². The molecule has 0 aliphatic heterocycles. The van der Waals surface area contributed by atoms with Gasteiger partial charge in [0.05, 0.1) is 12.0 Å². The van der Waals surface area contributed by atoms with E-state index >= 15 is 0 Å². The van der Waals surface area contributed by atoms with Gasteiger partial charge in [0.15, 0.2) is 6.61 Å². The van der Waals surface area contributed by atoms with Crippen molar-refractivity contribution in [1.82, 2.24) is 0 Å². The van der Waals surface area contributed by atoms with Gasteiger partial charge in [-0.25, -0.2) is 0 Å². The number of ether oxygens (including phenoxy) is 1. The first-order valence-corrected chi connectivity index (χ1v) is 8.74. The fraction of sp³-hybridized carbons (Fsp3) is 0.500. The second kappa shape index (κ2) is 9.01. The number of hydrogen-bond donors (Lipinski definition) is 1. The van der Waals surface area contributed by atoms with Gasteiger partial charge in [0.1, 0.15) is 5.78 Å². The molecule has 1 aromatic rings. The molecule has 8 nitrogen and oxygen atoms in total. The molecule has 3 atom stereocenters. The summed E-state index contributed by atoms with van der Waals surface area (Å²) in [4.78, 5) is 46.0. The summed E-state index contributed by atoms with van der Waals surface area (Å²) in [5.41, 5.74) is -0.786. The Morgan fingerprint density at radius 2 is 1.90 bits per heavy atom. The Bertz CT molecular complexity index is 794. The third-order valence-corrected chi connectivity index (χ3v) is 4.79. The van der Waals surface area contributed by atoms with Crippen LogP contribution in [0.15, 0.2) is 24.3 Å². The molecule has 158 valence electrons. The first kappa shape index (κ1) is 22.3.